The minimum atomic E-state index is -0.432. The second kappa shape index (κ2) is 4.70. The Kier molecular flexibility index (Phi) is 2.70. The standard InChI is InChI=1S/C16H14N2O3/c19-16-18-13-9-10(5-6-15(13)21-16)17-12-7-8-20-14-4-2-1-3-11(12)14/h1-6,9,12,17H,7-8H2,(H,18,19). The third-order valence-electron chi connectivity index (χ3n) is 3.72. The van der Waals surface area contributed by atoms with E-state index < -0.39 is 5.76 Å². The largest absolute Gasteiger partial charge is 0.493 e. The number of hydrogen-bond donors (Lipinski definition) is 2. The van der Waals surface area contributed by atoms with Gasteiger partial charge in [0.15, 0.2) is 5.58 Å². The first-order valence-electron chi connectivity index (χ1n) is 6.91. The summed E-state index contributed by atoms with van der Waals surface area (Å²) >= 11 is 0. The normalized spacial score (nSPS) is 17.2. The summed E-state index contributed by atoms with van der Waals surface area (Å²) in [6.07, 6.45) is 0.900. The molecule has 0 fully saturated rings. The summed E-state index contributed by atoms with van der Waals surface area (Å²) in [4.78, 5) is 13.9. The molecule has 0 radical (unpaired) electrons. The van der Waals surface area contributed by atoms with Gasteiger partial charge in [0.1, 0.15) is 5.75 Å². The van der Waals surface area contributed by atoms with Gasteiger partial charge in [-0.05, 0) is 24.3 Å². The smallest absolute Gasteiger partial charge is 0.417 e. The molecule has 4 rings (SSSR count). The van der Waals surface area contributed by atoms with E-state index in [1.165, 1.54) is 0 Å². The van der Waals surface area contributed by atoms with Gasteiger partial charge in [-0.15, -0.1) is 0 Å². The molecule has 2 aromatic carbocycles. The van der Waals surface area contributed by atoms with Crippen molar-refractivity contribution >= 4 is 16.8 Å². The molecular weight excluding hydrogens is 268 g/mol. The lowest BCUT2D eigenvalue weighted by Crippen LogP contribution is -2.20. The molecular formula is C16H14N2O3. The van der Waals surface area contributed by atoms with Gasteiger partial charge >= 0.3 is 5.76 Å². The van der Waals surface area contributed by atoms with E-state index >= 15 is 0 Å². The predicted octanol–water partition coefficient (Wildman–Crippen LogP) is 3.06. The Balaban J connectivity index is 1.67. The molecule has 5 nitrogen and oxygen atoms in total. The molecule has 1 aromatic heterocycles. The van der Waals surface area contributed by atoms with Gasteiger partial charge < -0.3 is 14.5 Å². The highest BCUT2D eigenvalue weighted by atomic mass is 16.5. The van der Waals surface area contributed by atoms with Crippen LogP contribution < -0.4 is 15.8 Å². The molecule has 2 N–H and O–H groups in total. The monoisotopic (exact) mass is 282 g/mol. The van der Waals surface area contributed by atoms with Gasteiger partial charge in [-0.1, -0.05) is 18.2 Å². The van der Waals surface area contributed by atoms with Crippen LogP contribution in [0.2, 0.25) is 0 Å². The number of nitrogens with one attached hydrogen (secondary N) is 2. The molecule has 106 valence electrons. The Morgan fingerprint density at radius 1 is 1.19 bits per heavy atom. The second-order valence-corrected chi connectivity index (χ2v) is 5.10. The summed E-state index contributed by atoms with van der Waals surface area (Å²) in [7, 11) is 0. The van der Waals surface area contributed by atoms with Crippen LogP contribution in [0.25, 0.3) is 11.1 Å². The summed E-state index contributed by atoms with van der Waals surface area (Å²) < 4.78 is 10.7. The maximum atomic E-state index is 11.2. The molecule has 3 aromatic rings. The highest BCUT2D eigenvalue weighted by molar-refractivity contribution is 5.77. The van der Waals surface area contributed by atoms with Gasteiger partial charge in [0.05, 0.1) is 18.2 Å². The van der Waals surface area contributed by atoms with E-state index in [1.54, 1.807) is 6.07 Å². The third-order valence-corrected chi connectivity index (χ3v) is 3.72. The van der Waals surface area contributed by atoms with Crippen molar-refractivity contribution in [3.8, 4) is 5.75 Å². The maximum absolute atomic E-state index is 11.2. The zero-order chi connectivity index (χ0) is 14.2. The van der Waals surface area contributed by atoms with Gasteiger partial charge in [-0.25, -0.2) is 4.79 Å². The first-order valence-corrected chi connectivity index (χ1v) is 6.91. The third kappa shape index (κ3) is 2.16. The number of anilines is 1. The number of H-pyrrole nitrogens is 1. The van der Waals surface area contributed by atoms with E-state index in [2.05, 4.69) is 16.4 Å². The minimum Gasteiger partial charge on any atom is -0.493 e. The molecule has 0 bridgehead atoms. The molecule has 0 amide bonds. The number of hydrogen-bond acceptors (Lipinski definition) is 4. The zero-order valence-corrected chi connectivity index (χ0v) is 11.3. The van der Waals surface area contributed by atoms with Crippen LogP contribution in [0.5, 0.6) is 5.75 Å². The summed E-state index contributed by atoms with van der Waals surface area (Å²) in [5.74, 6) is 0.498. The molecule has 1 unspecified atom stereocenters. The first-order chi connectivity index (χ1) is 10.3. The molecule has 1 aliphatic rings. The number of para-hydroxylation sites is 1. The minimum absolute atomic E-state index is 0.200. The average molecular weight is 282 g/mol. The number of ether oxygens (including phenoxy) is 1. The number of oxazole rings is 1. The van der Waals surface area contributed by atoms with Crippen molar-refractivity contribution in [3.63, 3.8) is 0 Å². The first kappa shape index (κ1) is 12.1. The Labute approximate surface area is 120 Å². The van der Waals surface area contributed by atoms with Crippen LogP contribution >= 0.6 is 0 Å². The Hall–Kier alpha value is -2.69. The molecule has 2 heterocycles. The molecule has 0 spiro atoms. The van der Waals surface area contributed by atoms with Crippen molar-refractivity contribution in [2.24, 2.45) is 0 Å². The topological polar surface area (TPSA) is 67.3 Å². The van der Waals surface area contributed by atoms with Gasteiger partial charge in [-0.3, -0.25) is 4.98 Å². The molecule has 21 heavy (non-hydrogen) atoms. The van der Waals surface area contributed by atoms with Crippen molar-refractivity contribution in [3.05, 3.63) is 58.6 Å². The predicted molar refractivity (Wildman–Crippen MR) is 79.8 cm³/mol. The maximum Gasteiger partial charge on any atom is 0.417 e. The fourth-order valence-electron chi connectivity index (χ4n) is 2.73. The van der Waals surface area contributed by atoms with E-state index in [1.807, 2.05) is 30.3 Å². The lowest BCUT2D eigenvalue weighted by atomic mass is 10.0. The van der Waals surface area contributed by atoms with Crippen LogP contribution in [-0.2, 0) is 0 Å². The van der Waals surface area contributed by atoms with Crippen LogP contribution in [0.4, 0.5) is 5.69 Å². The van der Waals surface area contributed by atoms with E-state index in [0.717, 1.165) is 23.4 Å². The van der Waals surface area contributed by atoms with E-state index in [-0.39, 0.29) is 6.04 Å². The molecule has 0 aliphatic carbocycles. The van der Waals surface area contributed by atoms with Crippen molar-refractivity contribution < 1.29 is 9.15 Å². The summed E-state index contributed by atoms with van der Waals surface area (Å²) in [6, 6.07) is 13.8. The molecule has 1 atom stereocenters. The van der Waals surface area contributed by atoms with Gasteiger partial charge in [0.2, 0.25) is 0 Å². The summed E-state index contributed by atoms with van der Waals surface area (Å²) in [6.45, 7) is 0.694. The van der Waals surface area contributed by atoms with Crippen LogP contribution in [0, 0.1) is 0 Å². The van der Waals surface area contributed by atoms with Crippen molar-refractivity contribution in [2.45, 2.75) is 12.5 Å². The van der Waals surface area contributed by atoms with Crippen LogP contribution in [0.3, 0.4) is 0 Å². The van der Waals surface area contributed by atoms with Crippen molar-refractivity contribution in [1.29, 1.82) is 0 Å². The van der Waals surface area contributed by atoms with E-state index in [4.69, 9.17) is 9.15 Å². The Morgan fingerprint density at radius 3 is 3.05 bits per heavy atom. The number of fused-ring (bicyclic) bond motifs is 2. The molecule has 5 heteroatoms. The van der Waals surface area contributed by atoms with Gasteiger partial charge in [0, 0.05) is 17.7 Å². The molecule has 0 saturated carbocycles. The zero-order valence-electron chi connectivity index (χ0n) is 11.3. The number of aromatic nitrogens is 1. The number of rotatable bonds is 2. The highest BCUT2D eigenvalue weighted by Gasteiger charge is 2.20. The second-order valence-electron chi connectivity index (χ2n) is 5.10. The quantitative estimate of drug-likeness (QED) is 0.758. The van der Waals surface area contributed by atoms with E-state index in [9.17, 15) is 4.79 Å². The summed E-state index contributed by atoms with van der Waals surface area (Å²) in [5, 5.41) is 3.49. The van der Waals surface area contributed by atoms with Crippen molar-refractivity contribution in [2.75, 3.05) is 11.9 Å². The van der Waals surface area contributed by atoms with Crippen LogP contribution in [-0.4, -0.2) is 11.6 Å². The number of benzene rings is 2. The van der Waals surface area contributed by atoms with Gasteiger partial charge in [0.25, 0.3) is 0 Å². The fourth-order valence-corrected chi connectivity index (χ4v) is 2.73. The average Bonchev–Trinajstić information content (AvgIpc) is 2.87. The summed E-state index contributed by atoms with van der Waals surface area (Å²) in [5.41, 5.74) is 3.37. The van der Waals surface area contributed by atoms with Crippen LogP contribution in [0.1, 0.15) is 18.0 Å². The fraction of sp³-hybridized carbons (Fsp3) is 0.188. The van der Waals surface area contributed by atoms with E-state index in [0.29, 0.717) is 17.7 Å². The number of aromatic amines is 1. The van der Waals surface area contributed by atoms with Crippen molar-refractivity contribution in [1.82, 2.24) is 4.98 Å². The lowest BCUT2D eigenvalue weighted by Gasteiger charge is -2.27. The SMILES string of the molecule is O=c1[nH]c2cc(NC3CCOc4ccccc43)ccc2o1. The highest BCUT2D eigenvalue weighted by Crippen LogP contribution is 2.34. The van der Waals surface area contributed by atoms with Crippen LogP contribution in [0.15, 0.2) is 51.7 Å². The molecule has 0 saturated heterocycles. The Morgan fingerprint density at radius 2 is 2.10 bits per heavy atom. The lowest BCUT2D eigenvalue weighted by molar-refractivity contribution is 0.274. The van der Waals surface area contributed by atoms with Gasteiger partial charge in [-0.2, -0.15) is 0 Å². The Bertz CT molecular complexity index is 850. The molecule has 1 aliphatic heterocycles.